The molecule has 4 heteroatoms. The second-order valence-electron chi connectivity index (χ2n) is 2.53. The summed E-state index contributed by atoms with van der Waals surface area (Å²) in [5, 5.41) is 0. The Balaban J connectivity index is 3.47. The average molecular weight is 206 g/mol. The molecule has 56 valence electrons. The fourth-order valence-corrected chi connectivity index (χ4v) is 2.00. The van der Waals surface area contributed by atoms with E-state index in [0.717, 1.165) is 16.7 Å². The Bertz CT molecular complexity index is 78.8. The maximum absolute atomic E-state index is 5.78. The summed E-state index contributed by atoms with van der Waals surface area (Å²) in [7, 11) is 0.803. The number of hydrogen-bond acceptors (Lipinski definition) is 0. The van der Waals surface area contributed by atoms with Crippen LogP contribution in [0.3, 0.4) is 0 Å². The second-order valence-corrected chi connectivity index (χ2v) is 7.68. The van der Waals surface area contributed by atoms with E-state index in [1.807, 2.05) is 6.92 Å². The highest BCUT2D eigenvalue weighted by molar-refractivity contribution is 6.65. The van der Waals surface area contributed by atoms with E-state index in [1.165, 1.54) is 0 Å². The highest BCUT2D eigenvalue weighted by Crippen LogP contribution is 2.25. The molecule has 0 heterocycles. The van der Waals surface area contributed by atoms with Gasteiger partial charge < -0.3 is 0 Å². The Labute approximate surface area is 74.3 Å². The Morgan fingerprint density at radius 3 is 2.11 bits per heavy atom. The van der Waals surface area contributed by atoms with Gasteiger partial charge in [-0.05, 0) is 12.3 Å². The van der Waals surface area contributed by atoms with E-state index in [0.29, 0.717) is 11.8 Å². The lowest BCUT2D eigenvalue weighted by molar-refractivity contribution is 0.603. The van der Waals surface area contributed by atoms with E-state index in [9.17, 15) is 0 Å². The molecular formula is C5H11Cl3Si. The highest BCUT2D eigenvalue weighted by atomic mass is 35.5. The monoisotopic (exact) mass is 204 g/mol. The second kappa shape index (κ2) is 4.07. The van der Waals surface area contributed by atoms with Crippen molar-refractivity contribution in [1.29, 1.82) is 0 Å². The van der Waals surface area contributed by atoms with Crippen LogP contribution in [0.15, 0.2) is 0 Å². The van der Waals surface area contributed by atoms with Crippen LogP contribution in [0.2, 0.25) is 0 Å². The molecule has 0 aromatic carbocycles. The van der Waals surface area contributed by atoms with Gasteiger partial charge in [-0.15, -0.1) is 34.8 Å². The summed E-state index contributed by atoms with van der Waals surface area (Å²) in [6.07, 6.45) is 0.811. The normalized spacial score (nSPS) is 16.0. The third kappa shape index (κ3) is 6.98. The van der Waals surface area contributed by atoms with Crippen molar-refractivity contribution in [2.24, 2.45) is 5.92 Å². The molecule has 0 rings (SSSR count). The summed E-state index contributed by atoms with van der Waals surface area (Å²) in [5.41, 5.74) is 0. The van der Waals surface area contributed by atoms with Crippen molar-refractivity contribution < 1.29 is 0 Å². The van der Waals surface area contributed by atoms with Gasteiger partial charge in [0.25, 0.3) is 0 Å². The predicted molar refractivity (Wildman–Crippen MR) is 48.9 cm³/mol. The molecule has 0 saturated carbocycles. The van der Waals surface area contributed by atoms with Gasteiger partial charge in [0.15, 0.2) is 0 Å². The molecule has 0 spiro atoms. The van der Waals surface area contributed by atoms with E-state index in [-0.39, 0.29) is 0 Å². The minimum atomic E-state index is -0.478. The summed E-state index contributed by atoms with van der Waals surface area (Å²) in [6.45, 7) is 2.05. The topological polar surface area (TPSA) is 0 Å². The fourth-order valence-electron chi connectivity index (χ4n) is 0.666. The molecule has 0 bridgehead atoms. The SMILES string of the molecule is CC(CCl)CC([SiH3])(Cl)Cl. The van der Waals surface area contributed by atoms with E-state index in [1.54, 1.807) is 0 Å². The van der Waals surface area contributed by atoms with Crippen LogP contribution in [-0.2, 0) is 0 Å². The van der Waals surface area contributed by atoms with Gasteiger partial charge >= 0.3 is 0 Å². The molecular weight excluding hydrogens is 194 g/mol. The first-order valence-electron chi connectivity index (χ1n) is 2.89. The zero-order valence-corrected chi connectivity index (χ0v) is 9.89. The summed E-state index contributed by atoms with van der Waals surface area (Å²) < 4.78 is -0.478. The minimum absolute atomic E-state index is 0.430. The molecule has 0 N–H and O–H groups in total. The number of alkyl halides is 3. The van der Waals surface area contributed by atoms with Gasteiger partial charge in [-0.25, -0.2) is 0 Å². The summed E-state index contributed by atoms with van der Waals surface area (Å²) >= 11 is 17.1. The van der Waals surface area contributed by atoms with Crippen LogP contribution < -0.4 is 0 Å². The molecule has 0 aliphatic heterocycles. The van der Waals surface area contributed by atoms with E-state index >= 15 is 0 Å². The molecule has 0 aliphatic carbocycles. The number of rotatable bonds is 3. The van der Waals surface area contributed by atoms with Gasteiger partial charge in [0.1, 0.15) is 0 Å². The Kier molecular flexibility index (Phi) is 4.56. The van der Waals surface area contributed by atoms with Crippen molar-refractivity contribution in [3.63, 3.8) is 0 Å². The predicted octanol–water partition coefficient (Wildman–Crippen LogP) is 1.75. The third-order valence-electron chi connectivity index (χ3n) is 0.970. The molecule has 0 nitrogen and oxygen atoms in total. The zero-order chi connectivity index (χ0) is 7.49. The van der Waals surface area contributed by atoms with Crippen LogP contribution in [0.1, 0.15) is 13.3 Å². The Hall–Kier alpha value is 1.09. The van der Waals surface area contributed by atoms with Crippen LogP contribution >= 0.6 is 34.8 Å². The quantitative estimate of drug-likeness (QED) is 0.487. The maximum atomic E-state index is 5.78. The van der Waals surface area contributed by atoms with Crippen LogP contribution in [0.25, 0.3) is 0 Å². The lowest BCUT2D eigenvalue weighted by Gasteiger charge is -2.16. The standard InChI is InChI=1S/C5H11Cl3Si/c1-4(3-6)2-5(7,8)9/h4H,2-3H2,1,9H3. The maximum Gasteiger partial charge on any atom is 0.0975 e. The molecule has 0 radical (unpaired) electrons. The van der Waals surface area contributed by atoms with E-state index in [2.05, 4.69) is 0 Å². The van der Waals surface area contributed by atoms with Crippen molar-refractivity contribution in [2.75, 3.05) is 5.88 Å². The smallest absolute Gasteiger partial charge is 0.0975 e. The number of halogens is 3. The number of hydrogen-bond donors (Lipinski definition) is 0. The first kappa shape index (κ1) is 10.1. The third-order valence-corrected chi connectivity index (χ3v) is 2.21. The van der Waals surface area contributed by atoms with Crippen LogP contribution in [0.5, 0.6) is 0 Å². The molecule has 9 heavy (non-hydrogen) atoms. The molecule has 0 aromatic heterocycles. The fraction of sp³-hybridized carbons (Fsp3) is 1.00. The van der Waals surface area contributed by atoms with Gasteiger partial charge in [0.2, 0.25) is 0 Å². The highest BCUT2D eigenvalue weighted by Gasteiger charge is 2.18. The first-order chi connectivity index (χ1) is 3.95. The van der Waals surface area contributed by atoms with Crippen molar-refractivity contribution in [3.8, 4) is 0 Å². The van der Waals surface area contributed by atoms with Gasteiger partial charge in [0.05, 0.1) is 3.96 Å². The van der Waals surface area contributed by atoms with Crippen LogP contribution in [0, 0.1) is 5.92 Å². The van der Waals surface area contributed by atoms with Crippen molar-refractivity contribution in [1.82, 2.24) is 0 Å². The van der Waals surface area contributed by atoms with Gasteiger partial charge in [-0.3, -0.25) is 0 Å². The summed E-state index contributed by atoms with van der Waals surface area (Å²) in [5.74, 6) is 1.07. The van der Waals surface area contributed by atoms with Gasteiger partial charge in [0, 0.05) is 16.1 Å². The molecule has 0 aromatic rings. The first-order valence-corrected chi connectivity index (χ1v) is 5.18. The lowest BCUT2D eigenvalue weighted by atomic mass is 10.1. The summed E-state index contributed by atoms with van der Waals surface area (Å²) in [6, 6.07) is 0. The van der Waals surface area contributed by atoms with Crippen LogP contribution in [-0.4, -0.2) is 20.1 Å². The lowest BCUT2D eigenvalue weighted by Crippen LogP contribution is -2.17. The van der Waals surface area contributed by atoms with Crippen molar-refractivity contribution >= 4 is 45.0 Å². The Morgan fingerprint density at radius 2 is 2.00 bits per heavy atom. The average Bonchev–Trinajstić information content (AvgIpc) is 1.62. The largest absolute Gasteiger partial charge is 0.126 e. The zero-order valence-electron chi connectivity index (χ0n) is 5.63. The van der Waals surface area contributed by atoms with E-state index in [4.69, 9.17) is 34.8 Å². The van der Waals surface area contributed by atoms with Gasteiger partial charge in [-0.2, -0.15) is 0 Å². The molecule has 0 amide bonds. The molecule has 0 aliphatic rings. The molecule has 0 fully saturated rings. The van der Waals surface area contributed by atoms with E-state index < -0.39 is 3.96 Å². The van der Waals surface area contributed by atoms with Crippen molar-refractivity contribution in [3.05, 3.63) is 0 Å². The van der Waals surface area contributed by atoms with Crippen molar-refractivity contribution in [2.45, 2.75) is 17.3 Å². The Morgan fingerprint density at radius 1 is 1.56 bits per heavy atom. The van der Waals surface area contributed by atoms with Gasteiger partial charge in [-0.1, -0.05) is 6.92 Å². The summed E-state index contributed by atoms with van der Waals surface area (Å²) in [4.78, 5) is 0. The van der Waals surface area contributed by atoms with Crippen LogP contribution in [0.4, 0.5) is 0 Å². The molecule has 1 atom stereocenters. The molecule has 1 unspecified atom stereocenters. The molecule has 0 saturated heterocycles. The minimum Gasteiger partial charge on any atom is -0.126 e.